The number of para-hydroxylation sites is 1. The Hall–Kier alpha value is -2.73. The number of nitrogens with one attached hydrogen (secondary N) is 1. The topological polar surface area (TPSA) is 76.1 Å². The van der Waals surface area contributed by atoms with Gasteiger partial charge in [-0.15, -0.1) is 0 Å². The predicted molar refractivity (Wildman–Crippen MR) is 93.6 cm³/mol. The molecule has 3 rings (SSSR count). The molecule has 0 radical (unpaired) electrons. The summed E-state index contributed by atoms with van der Waals surface area (Å²) in [5.74, 6) is -0.223. The lowest BCUT2D eigenvalue weighted by atomic mass is 10.1. The van der Waals surface area contributed by atoms with Gasteiger partial charge in [0.15, 0.2) is 9.84 Å². The number of amides is 1. The number of hydrogen-bond acceptors (Lipinski definition) is 4. The summed E-state index contributed by atoms with van der Waals surface area (Å²) < 4.78 is 23.2. The van der Waals surface area contributed by atoms with E-state index in [0.29, 0.717) is 5.69 Å². The molecule has 1 heterocycles. The van der Waals surface area contributed by atoms with Crippen molar-refractivity contribution >= 4 is 32.3 Å². The molecule has 1 N–H and O–H groups in total. The van der Waals surface area contributed by atoms with E-state index in [1.807, 2.05) is 30.3 Å². The van der Waals surface area contributed by atoms with Gasteiger partial charge in [-0.25, -0.2) is 8.42 Å². The van der Waals surface area contributed by atoms with Crippen LogP contribution in [0.25, 0.3) is 10.9 Å². The van der Waals surface area contributed by atoms with Crippen molar-refractivity contribution < 1.29 is 13.2 Å². The summed E-state index contributed by atoms with van der Waals surface area (Å²) in [4.78, 5) is 16.8. The van der Waals surface area contributed by atoms with Gasteiger partial charge >= 0.3 is 0 Å². The number of pyridine rings is 1. The third kappa shape index (κ3) is 3.60. The van der Waals surface area contributed by atoms with E-state index >= 15 is 0 Å². The standard InChI is InChI=1S/C18H16N2O3S/c1-24(22,23)16-9-3-8-15(12-16)20-17(21)11-14-6-2-5-13-7-4-10-19-18(13)14/h2-10,12H,11H2,1H3,(H,20,21). The van der Waals surface area contributed by atoms with Gasteiger partial charge in [0.05, 0.1) is 16.8 Å². The second-order valence-electron chi connectivity index (χ2n) is 5.52. The number of sulfone groups is 1. The van der Waals surface area contributed by atoms with Gasteiger partial charge in [0.1, 0.15) is 0 Å². The largest absolute Gasteiger partial charge is 0.326 e. The van der Waals surface area contributed by atoms with Gasteiger partial charge in [0.2, 0.25) is 5.91 Å². The fourth-order valence-electron chi connectivity index (χ4n) is 2.49. The fraction of sp³-hybridized carbons (Fsp3) is 0.111. The summed E-state index contributed by atoms with van der Waals surface area (Å²) in [6.45, 7) is 0. The number of anilines is 1. The van der Waals surface area contributed by atoms with Crippen molar-refractivity contribution in [1.29, 1.82) is 0 Å². The minimum atomic E-state index is -3.31. The highest BCUT2D eigenvalue weighted by molar-refractivity contribution is 7.90. The first-order chi connectivity index (χ1) is 11.4. The SMILES string of the molecule is CS(=O)(=O)c1cccc(NC(=O)Cc2cccc3cccnc23)c1. The highest BCUT2D eigenvalue weighted by Crippen LogP contribution is 2.18. The van der Waals surface area contributed by atoms with E-state index in [4.69, 9.17) is 0 Å². The molecule has 0 spiro atoms. The van der Waals surface area contributed by atoms with Crippen LogP contribution in [0.5, 0.6) is 0 Å². The molecule has 0 aliphatic rings. The average Bonchev–Trinajstić information content (AvgIpc) is 2.54. The smallest absolute Gasteiger partial charge is 0.228 e. The second-order valence-corrected chi connectivity index (χ2v) is 7.53. The molecule has 0 fully saturated rings. The Morgan fingerprint density at radius 3 is 2.62 bits per heavy atom. The summed E-state index contributed by atoms with van der Waals surface area (Å²) in [7, 11) is -3.31. The third-order valence-corrected chi connectivity index (χ3v) is 4.72. The molecule has 122 valence electrons. The Morgan fingerprint density at radius 1 is 1.08 bits per heavy atom. The van der Waals surface area contributed by atoms with Crippen molar-refractivity contribution in [3.8, 4) is 0 Å². The number of rotatable bonds is 4. The first-order valence-electron chi connectivity index (χ1n) is 7.36. The van der Waals surface area contributed by atoms with Crippen LogP contribution in [-0.2, 0) is 21.1 Å². The molecule has 3 aromatic rings. The summed E-state index contributed by atoms with van der Waals surface area (Å²) in [5, 5.41) is 3.71. The summed E-state index contributed by atoms with van der Waals surface area (Å²) >= 11 is 0. The highest BCUT2D eigenvalue weighted by Gasteiger charge is 2.11. The maximum absolute atomic E-state index is 12.3. The third-order valence-electron chi connectivity index (χ3n) is 3.61. The quantitative estimate of drug-likeness (QED) is 0.792. The summed E-state index contributed by atoms with van der Waals surface area (Å²) in [5.41, 5.74) is 2.07. The van der Waals surface area contributed by atoms with Gasteiger partial charge in [-0.2, -0.15) is 0 Å². The first-order valence-corrected chi connectivity index (χ1v) is 9.25. The van der Waals surface area contributed by atoms with Gasteiger partial charge in [-0.3, -0.25) is 9.78 Å². The van der Waals surface area contributed by atoms with Crippen LogP contribution in [0.4, 0.5) is 5.69 Å². The van der Waals surface area contributed by atoms with E-state index in [1.165, 1.54) is 12.1 Å². The number of nitrogens with zero attached hydrogens (tertiary/aromatic N) is 1. The number of fused-ring (bicyclic) bond motifs is 1. The Kier molecular flexibility index (Phi) is 4.31. The minimum absolute atomic E-state index is 0.164. The van der Waals surface area contributed by atoms with Crippen LogP contribution in [0.2, 0.25) is 0 Å². The predicted octanol–water partition coefficient (Wildman–Crippen LogP) is 2.82. The average molecular weight is 340 g/mol. The molecule has 0 saturated heterocycles. The first kappa shape index (κ1) is 16.1. The number of carbonyl (C=O) groups is 1. The zero-order valence-corrected chi connectivity index (χ0v) is 13.9. The van der Waals surface area contributed by atoms with Crippen LogP contribution >= 0.6 is 0 Å². The zero-order valence-electron chi connectivity index (χ0n) is 13.1. The molecule has 0 atom stereocenters. The lowest BCUT2D eigenvalue weighted by Gasteiger charge is -2.08. The van der Waals surface area contributed by atoms with Crippen molar-refractivity contribution in [1.82, 2.24) is 4.98 Å². The van der Waals surface area contributed by atoms with E-state index < -0.39 is 9.84 Å². The Morgan fingerprint density at radius 2 is 1.83 bits per heavy atom. The molecule has 1 aromatic heterocycles. The maximum atomic E-state index is 12.3. The van der Waals surface area contributed by atoms with Crippen LogP contribution in [0, 0.1) is 0 Å². The molecule has 0 bridgehead atoms. The minimum Gasteiger partial charge on any atom is -0.326 e. The Balaban J connectivity index is 1.81. The normalized spacial score (nSPS) is 11.4. The number of carbonyl (C=O) groups excluding carboxylic acids is 1. The summed E-state index contributed by atoms with van der Waals surface area (Å²) in [6.07, 6.45) is 2.99. The molecule has 6 heteroatoms. The molecular weight excluding hydrogens is 324 g/mol. The highest BCUT2D eigenvalue weighted by atomic mass is 32.2. The van der Waals surface area contributed by atoms with Gasteiger partial charge < -0.3 is 5.32 Å². The van der Waals surface area contributed by atoms with E-state index in [9.17, 15) is 13.2 Å². The van der Waals surface area contributed by atoms with Crippen LogP contribution in [-0.4, -0.2) is 25.6 Å². The molecule has 0 saturated carbocycles. The van der Waals surface area contributed by atoms with Gasteiger partial charge in [0, 0.05) is 23.5 Å². The Labute approximate surface area is 140 Å². The van der Waals surface area contributed by atoms with E-state index in [2.05, 4.69) is 10.3 Å². The van der Waals surface area contributed by atoms with E-state index in [-0.39, 0.29) is 17.2 Å². The van der Waals surface area contributed by atoms with Crippen molar-refractivity contribution in [3.63, 3.8) is 0 Å². The number of hydrogen-bond donors (Lipinski definition) is 1. The molecule has 0 unspecified atom stereocenters. The van der Waals surface area contributed by atoms with Gasteiger partial charge in [-0.05, 0) is 29.8 Å². The van der Waals surface area contributed by atoms with Crippen molar-refractivity contribution in [2.75, 3.05) is 11.6 Å². The molecule has 0 aliphatic carbocycles. The molecule has 1 amide bonds. The van der Waals surface area contributed by atoms with Crippen LogP contribution in [0.3, 0.4) is 0 Å². The van der Waals surface area contributed by atoms with E-state index in [0.717, 1.165) is 22.7 Å². The Bertz CT molecular complexity index is 1010. The van der Waals surface area contributed by atoms with Crippen molar-refractivity contribution in [3.05, 3.63) is 66.4 Å². The van der Waals surface area contributed by atoms with Gasteiger partial charge in [-0.1, -0.05) is 30.3 Å². The molecule has 24 heavy (non-hydrogen) atoms. The maximum Gasteiger partial charge on any atom is 0.228 e. The summed E-state index contributed by atoms with van der Waals surface area (Å²) in [6, 6.07) is 15.7. The van der Waals surface area contributed by atoms with Crippen LogP contribution in [0.15, 0.2) is 65.7 Å². The fourth-order valence-corrected chi connectivity index (χ4v) is 3.16. The molecular formula is C18H16N2O3S. The number of benzene rings is 2. The molecule has 0 aliphatic heterocycles. The second kappa shape index (κ2) is 6.41. The van der Waals surface area contributed by atoms with E-state index in [1.54, 1.807) is 18.3 Å². The monoisotopic (exact) mass is 340 g/mol. The van der Waals surface area contributed by atoms with Crippen molar-refractivity contribution in [2.45, 2.75) is 11.3 Å². The van der Waals surface area contributed by atoms with Crippen molar-refractivity contribution in [2.24, 2.45) is 0 Å². The lowest BCUT2D eigenvalue weighted by molar-refractivity contribution is -0.115. The number of aromatic nitrogens is 1. The van der Waals surface area contributed by atoms with Crippen LogP contribution < -0.4 is 5.32 Å². The van der Waals surface area contributed by atoms with Crippen LogP contribution in [0.1, 0.15) is 5.56 Å². The van der Waals surface area contributed by atoms with Gasteiger partial charge in [0.25, 0.3) is 0 Å². The lowest BCUT2D eigenvalue weighted by Crippen LogP contribution is -2.15. The zero-order chi connectivity index (χ0) is 17.2. The molecule has 2 aromatic carbocycles. The molecule has 5 nitrogen and oxygen atoms in total.